The molecule has 22 heavy (non-hydrogen) atoms. The molecule has 0 aliphatic rings. The molecule has 124 valence electrons. The summed E-state index contributed by atoms with van der Waals surface area (Å²) < 4.78 is 40.0. The zero-order valence-electron chi connectivity index (χ0n) is 11.6. The highest BCUT2D eigenvalue weighted by atomic mass is 79.9. The predicted octanol–water partition coefficient (Wildman–Crippen LogP) is 0.693. The van der Waals surface area contributed by atoms with Crippen LogP contribution in [0.15, 0.2) is 22.7 Å². The molecule has 1 rings (SSSR count). The van der Waals surface area contributed by atoms with E-state index >= 15 is 0 Å². The van der Waals surface area contributed by atoms with Crippen LogP contribution >= 0.6 is 15.9 Å². The van der Waals surface area contributed by atoms with Gasteiger partial charge in [0.1, 0.15) is 5.82 Å². The molecule has 0 fully saturated rings. The van der Waals surface area contributed by atoms with E-state index in [9.17, 15) is 17.6 Å². The Hall–Kier alpha value is -1.23. The van der Waals surface area contributed by atoms with Crippen LogP contribution in [0.3, 0.4) is 0 Å². The van der Waals surface area contributed by atoms with Gasteiger partial charge in [-0.15, -0.1) is 0 Å². The Labute approximate surface area is 136 Å². The number of nitrogens with one attached hydrogen (secondary N) is 2. The molecule has 4 N–H and O–H groups in total. The van der Waals surface area contributed by atoms with Gasteiger partial charge in [0.25, 0.3) is 0 Å². The Bertz CT molecular complexity index is 612. The van der Waals surface area contributed by atoms with Crippen molar-refractivity contribution < 1.29 is 22.3 Å². The van der Waals surface area contributed by atoms with Crippen LogP contribution in [0, 0.1) is 5.82 Å². The summed E-state index contributed by atoms with van der Waals surface area (Å²) in [7, 11) is -3.53. The molecular weight excluding hydrogens is 381 g/mol. The van der Waals surface area contributed by atoms with Crippen molar-refractivity contribution in [3.05, 3.63) is 34.1 Å². The van der Waals surface area contributed by atoms with Crippen molar-refractivity contribution in [2.75, 3.05) is 25.5 Å². The number of carbonyl (C=O) groups excluding carboxylic acids is 1. The Morgan fingerprint density at radius 1 is 1.32 bits per heavy atom. The second-order valence-corrected chi connectivity index (χ2v) is 6.91. The van der Waals surface area contributed by atoms with Crippen LogP contribution in [0.25, 0.3) is 0 Å². The third-order valence-corrected chi connectivity index (χ3v) is 4.00. The maximum Gasteiger partial charge on any atom is 0.315 e. The summed E-state index contributed by atoms with van der Waals surface area (Å²) in [5, 5.41) is 9.88. The number of primary sulfonamides is 1. The minimum absolute atomic E-state index is 0.0294. The van der Waals surface area contributed by atoms with Crippen molar-refractivity contribution in [1.29, 1.82) is 0 Å². The van der Waals surface area contributed by atoms with Gasteiger partial charge in [0, 0.05) is 17.6 Å². The third kappa shape index (κ3) is 8.27. The molecule has 7 nitrogen and oxygen atoms in total. The van der Waals surface area contributed by atoms with Crippen LogP contribution in [0.1, 0.15) is 5.56 Å². The van der Waals surface area contributed by atoms with Gasteiger partial charge in [0.15, 0.2) is 0 Å². The maximum absolute atomic E-state index is 13.1. The Morgan fingerprint density at radius 2 is 2.05 bits per heavy atom. The topological polar surface area (TPSA) is 111 Å². The normalized spacial score (nSPS) is 11.2. The van der Waals surface area contributed by atoms with Gasteiger partial charge in [0.05, 0.1) is 19.0 Å². The molecule has 2 amide bonds. The van der Waals surface area contributed by atoms with Gasteiger partial charge in [-0.3, -0.25) is 0 Å². The summed E-state index contributed by atoms with van der Waals surface area (Å²) in [5.74, 6) is -0.657. The van der Waals surface area contributed by atoms with Crippen molar-refractivity contribution >= 4 is 32.0 Å². The second kappa shape index (κ2) is 9.03. The summed E-state index contributed by atoms with van der Waals surface area (Å²) in [6.07, 6.45) is 0. The summed E-state index contributed by atoms with van der Waals surface area (Å²) in [6, 6.07) is 3.75. The fourth-order valence-corrected chi connectivity index (χ4v) is 2.17. The van der Waals surface area contributed by atoms with E-state index < -0.39 is 16.1 Å². The minimum Gasteiger partial charge on any atom is -0.379 e. The number of benzene rings is 1. The lowest BCUT2D eigenvalue weighted by Gasteiger charge is -2.09. The molecule has 0 spiro atoms. The number of sulfonamides is 1. The van der Waals surface area contributed by atoms with Crippen molar-refractivity contribution in [2.24, 2.45) is 5.14 Å². The number of ether oxygens (including phenoxy) is 1. The van der Waals surface area contributed by atoms with Gasteiger partial charge in [-0.05, 0) is 23.8 Å². The number of amides is 2. The molecule has 0 aliphatic heterocycles. The van der Waals surface area contributed by atoms with Crippen LogP contribution < -0.4 is 15.8 Å². The van der Waals surface area contributed by atoms with Gasteiger partial charge in [-0.1, -0.05) is 15.9 Å². The fraction of sp³-hybridized carbons (Fsp3) is 0.417. The van der Waals surface area contributed by atoms with E-state index in [2.05, 4.69) is 26.6 Å². The van der Waals surface area contributed by atoms with E-state index in [1.54, 1.807) is 6.07 Å². The molecule has 0 saturated heterocycles. The zero-order chi connectivity index (χ0) is 16.6. The molecule has 1 aromatic carbocycles. The zero-order valence-corrected chi connectivity index (χ0v) is 14.0. The van der Waals surface area contributed by atoms with E-state index in [4.69, 9.17) is 9.88 Å². The SMILES string of the molecule is NS(=O)(=O)CCOCCNC(=O)NCc1cc(F)ccc1Br. The van der Waals surface area contributed by atoms with Gasteiger partial charge in [-0.2, -0.15) is 0 Å². The molecular formula is C12H17BrFN3O4S. The molecule has 0 atom stereocenters. The number of urea groups is 1. The molecule has 0 unspecified atom stereocenters. The second-order valence-electron chi connectivity index (χ2n) is 4.32. The summed E-state index contributed by atoms with van der Waals surface area (Å²) in [5.41, 5.74) is 0.611. The van der Waals surface area contributed by atoms with Gasteiger partial charge < -0.3 is 15.4 Å². The third-order valence-electron chi connectivity index (χ3n) is 2.49. The quantitative estimate of drug-likeness (QED) is 0.560. The number of rotatable bonds is 8. The predicted molar refractivity (Wildman–Crippen MR) is 83.1 cm³/mol. The van der Waals surface area contributed by atoms with E-state index in [-0.39, 0.29) is 37.9 Å². The summed E-state index contributed by atoms with van der Waals surface area (Å²) in [4.78, 5) is 11.5. The first-order valence-electron chi connectivity index (χ1n) is 6.32. The van der Waals surface area contributed by atoms with E-state index in [0.29, 0.717) is 10.0 Å². The van der Waals surface area contributed by atoms with Crippen molar-refractivity contribution in [3.63, 3.8) is 0 Å². The van der Waals surface area contributed by atoms with E-state index in [0.717, 1.165) is 0 Å². The number of carbonyl (C=O) groups is 1. The van der Waals surface area contributed by atoms with Crippen LogP contribution in [0.4, 0.5) is 9.18 Å². The monoisotopic (exact) mass is 397 g/mol. The van der Waals surface area contributed by atoms with Crippen LogP contribution in [0.2, 0.25) is 0 Å². The lowest BCUT2D eigenvalue weighted by Crippen LogP contribution is -2.37. The summed E-state index contributed by atoms with van der Waals surface area (Å²) in [6.45, 7) is 0.502. The molecule has 0 saturated carbocycles. The van der Waals surface area contributed by atoms with E-state index in [1.165, 1.54) is 12.1 Å². The molecule has 10 heteroatoms. The van der Waals surface area contributed by atoms with Crippen LogP contribution in [-0.4, -0.2) is 40.0 Å². The first-order valence-corrected chi connectivity index (χ1v) is 8.82. The fourth-order valence-electron chi connectivity index (χ4n) is 1.43. The average molecular weight is 398 g/mol. The molecule has 0 radical (unpaired) electrons. The molecule has 0 aliphatic carbocycles. The number of hydrogen-bond acceptors (Lipinski definition) is 4. The largest absolute Gasteiger partial charge is 0.379 e. The lowest BCUT2D eigenvalue weighted by atomic mass is 10.2. The maximum atomic E-state index is 13.1. The molecule has 0 heterocycles. The standard InChI is InChI=1S/C12H17BrFN3O4S/c13-11-2-1-10(14)7-9(11)8-17-12(18)16-3-4-21-5-6-22(15,19)20/h1-2,7H,3-6,8H2,(H2,15,19,20)(H2,16,17,18). The number of hydrogen-bond donors (Lipinski definition) is 3. The highest BCUT2D eigenvalue weighted by molar-refractivity contribution is 9.10. The van der Waals surface area contributed by atoms with Gasteiger partial charge in [0.2, 0.25) is 10.0 Å². The van der Waals surface area contributed by atoms with Crippen LogP contribution in [0.5, 0.6) is 0 Å². The van der Waals surface area contributed by atoms with Crippen molar-refractivity contribution in [2.45, 2.75) is 6.54 Å². The smallest absolute Gasteiger partial charge is 0.315 e. The molecule has 0 aromatic heterocycles. The Kier molecular flexibility index (Phi) is 7.73. The minimum atomic E-state index is -3.53. The van der Waals surface area contributed by atoms with Gasteiger partial charge >= 0.3 is 6.03 Å². The van der Waals surface area contributed by atoms with Crippen molar-refractivity contribution in [1.82, 2.24) is 10.6 Å². The summed E-state index contributed by atoms with van der Waals surface area (Å²) >= 11 is 3.26. The number of nitrogens with two attached hydrogens (primary N) is 1. The first-order chi connectivity index (χ1) is 10.3. The highest BCUT2D eigenvalue weighted by Crippen LogP contribution is 2.17. The highest BCUT2D eigenvalue weighted by Gasteiger charge is 2.05. The number of halogens is 2. The average Bonchev–Trinajstić information content (AvgIpc) is 2.42. The van der Waals surface area contributed by atoms with E-state index in [1.807, 2.05) is 0 Å². The lowest BCUT2D eigenvalue weighted by molar-refractivity contribution is 0.150. The van der Waals surface area contributed by atoms with Gasteiger partial charge in [-0.25, -0.2) is 22.7 Å². The van der Waals surface area contributed by atoms with Crippen LogP contribution in [-0.2, 0) is 21.3 Å². The van der Waals surface area contributed by atoms with Crippen molar-refractivity contribution in [3.8, 4) is 0 Å². The molecule has 1 aromatic rings. The Balaban J connectivity index is 2.17. The molecule has 0 bridgehead atoms. The Morgan fingerprint density at radius 3 is 2.73 bits per heavy atom. The first kappa shape index (κ1) is 18.8.